The van der Waals surface area contributed by atoms with Gasteiger partial charge in [0.25, 0.3) is 0 Å². The third-order valence-electron chi connectivity index (χ3n) is 7.38. The largest absolute Gasteiger partial charge is 0.392 e. The minimum absolute atomic E-state index is 0.0225. The molecule has 1 aliphatic heterocycles. The highest BCUT2D eigenvalue weighted by atomic mass is 19.1. The molecule has 2 N–H and O–H groups in total. The molecule has 3 atom stereocenters. The fourth-order valence-corrected chi connectivity index (χ4v) is 5.45. The Morgan fingerprint density at radius 1 is 1.08 bits per heavy atom. The Kier molecular flexibility index (Phi) is 8.64. The number of ether oxygens (including phenoxy) is 1. The van der Waals surface area contributed by atoms with Crippen molar-refractivity contribution in [3.05, 3.63) is 106 Å². The van der Waals surface area contributed by atoms with Crippen molar-refractivity contribution in [2.24, 2.45) is 5.92 Å². The molecule has 3 aromatic carbocycles. The normalized spacial score (nSPS) is 20.4. The van der Waals surface area contributed by atoms with Crippen molar-refractivity contribution in [1.82, 2.24) is 4.90 Å². The number of benzene rings is 3. The molecule has 0 spiro atoms. The number of carbonyl (C=O) groups is 1. The SMILES string of the molecule is COCCN1C[C@H](C(=O)c2ccc(CO)cc2)C(c2cccc(F)c2C)[C@@H](c2c[c]ccc2CO)C1. The molecule has 1 fully saturated rings. The van der Waals surface area contributed by atoms with Gasteiger partial charge in [-0.15, -0.1) is 0 Å². The standard InChI is InChI=1S/C30H33FNO4/c1-20-24(8-5-9-28(20)31)29-26(25-7-4-3-6-23(25)19-34)16-32(14-15-36-2)17-27(29)30(35)22-12-10-21(18-33)11-13-22/h3,5-13,26-27,29,33-34H,14-19H2,1-2H3/t26-,27+,29?/m1/s1. The van der Waals surface area contributed by atoms with Crippen LogP contribution >= 0.6 is 0 Å². The van der Waals surface area contributed by atoms with Crippen molar-refractivity contribution in [1.29, 1.82) is 0 Å². The van der Waals surface area contributed by atoms with Gasteiger partial charge in [0.1, 0.15) is 5.82 Å². The summed E-state index contributed by atoms with van der Waals surface area (Å²) in [6.45, 7) is 3.87. The van der Waals surface area contributed by atoms with E-state index in [0.717, 1.165) is 22.3 Å². The predicted molar refractivity (Wildman–Crippen MR) is 136 cm³/mol. The van der Waals surface area contributed by atoms with Crippen molar-refractivity contribution >= 4 is 5.78 Å². The Labute approximate surface area is 212 Å². The second-order valence-electron chi connectivity index (χ2n) is 9.45. The average molecular weight is 491 g/mol. The zero-order valence-electron chi connectivity index (χ0n) is 20.8. The smallest absolute Gasteiger partial charge is 0.167 e. The first-order valence-electron chi connectivity index (χ1n) is 12.3. The fourth-order valence-electron chi connectivity index (χ4n) is 5.45. The first kappa shape index (κ1) is 26.2. The summed E-state index contributed by atoms with van der Waals surface area (Å²) in [5.41, 5.74) is 4.35. The van der Waals surface area contributed by atoms with Gasteiger partial charge < -0.3 is 14.9 Å². The molecule has 36 heavy (non-hydrogen) atoms. The Morgan fingerprint density at radius 2 is 1.86 bits per heavy atom. The summed E-state index contributed by atoms with van der Waals surface area (Å²) < 4.78 is 20.1. The summed E-state index contributed by atoms with van der Waals surface area (Å²) in [6.07, 6.45) is 0. The summed E-state index contributed by atoms with van der Waals surface area (Å²) in [7, 11) is 1.65. The molecule has 0 bridgehead atoms. The van der Waals surface area contributed by atoms with Gasteiger partial charge in [0.05, 0.1) is 19.8 Å². The van der Waals surface area contributed by atoms with E-state index >= 15 is 0 Å². The molecule has 3 aromatic rings. The monoisotopic (exact) mass is 490 g/mol. The van der Waals surface area contributed by atoms with E-state index in [0.29, 0.717) is 37.4 Å². The fraction of sp³-hybridized carbons (Fsp3) is 0.367. The van der Waals surface area contributed by atoms with Gasteiger partial charge in [-0.25, -0.2) is 4.39 Å². The molecule has 4 rings (SSSR count). The minimum Gasteiger partial charge on any atom is -0.392 e. The zero-order chi connectivity index (χ0) is 25.7. The van der Waals surface area contributed by atoms with Crippen molar-refractivity contribution in [2.45, 2.75) is 32.0 Å². The van der Waals surface area contributed by atoms with E-state index in [1.807, 2.05) is 18.2 Å². The number of piperidine rings is 1. The van der Waals surface area contributed by atoms with E-state index in [-0.39, 0.29) is 36.7 Å². The van der Waals surface area contributed by atoms with Crippen LogP contribution in [0.3, 0.4) is 0 Å². The average Bonchev–Trinajstić information content (AvgIpc) is 2.92. The highest BCUT2D eigenvalue weighted by Gasteiger charge is 2.43. The summed E-state index contributed by atoms with van der Waals surface area (Å²) in [5.74, 6) is -1.24. The maximum absolute atomic E-state index is 14.8. The number of ketones is 1. The van der Waals surface area contributed by atoms with E-state index < -0.39 is 5.92 Å². The van der Waals surface area contributed by atoms with Crippen LogP contribution in [0, 0.1) is 24.7 Å². The second-order valence-corrected chi connectivity index (χ2v) is 9.45. The molecule has 1 saturated heterocycles. The Morgan fingerprint density at radius 3 is 2.56 bits per heavy atom. The van der Waals surface area contributed by atoms with E-state index in [1.54, 1.807) is 50.4 Å². The predicted octanol–water partition coefficient (Wildman–Crippen LogP) is 4.25. The van der Waals surface area contributed by atoms with E-state index in [1.165, 1.54) is 6.07 Å². The van der Waals surface area contributed by atoms with Crippen molar-refractivity contribution in [3.63, 3.8) is 0 Å². The number of nitrogens with zero attached hydrogens (tertiary/aromatic N) is 1. The lowest BCUT2D eigenvalue weighted by molar-refractivity contribution is 0.0662. The van der Waals surface area contributed by atoms with Gasteiger partial charge in [0, 0.05) is 50.1 Å². The van der Waals surface area contributed by atoms with E-state index in [2.05, 4.69) is 11.0 Å². The van der Waals surface area contributed by atoms with Crippen LogP contribution in [0.1, 0.15) is 50.0 Å². The Balaban J connectivity index is 1.86. The lowest BCUT2D eigenvalue weighted by Crippen LogP contribution is -2.48. The molecule has 6 heteroatoms. The lowest BCUT2D eigenvalue weighted by atomic mass is 9.67. The van der Waals surface area contributed by atoms with Gasteiger partial charge >= 0.3 is 0 Å². The number of hydrogen-bond donors (Lipinski definition) is 2. The van der Waals surface area contributed by atoms with Crippen molar-refractivity contribution in [3.8, 4) is 0 Å². The summed E-state index contributed by atoms with van der Waals surface area (Å²) in [6, 6.07) is 20.7. The van der Waals surface area contributed by atoms with Crippen LogP contribution in [-0.2, 0) is 18.0 Å². The number of carbonyl (C=O) groups excluding carboxylic acids is 1. The lowest BCUT2D eigenvalue weighted by Gasteiger charge is -2.45. The van der Waals surface area contributed by atoms with E-state index in [9.17, 15) is 19.4 Å². The first-order valence-corrected chi connectivity index (χ1v) is 12.3. The number of aliphatic hydroxyl groups is 2. The van der Waals surface area contributed by atoms with Gasteiger partial charge in [-0.05, 0) is 46.9 Å². The van der Waals surface area contributed by atoms with Crippen LogP contribution in [0.15, 0.2) is 60.7 Å². The number of rotatable bonds is 9. The Bertz CT molecular complexity index is 1180. The van der Waals surface area contributed by atoms with Crippen LogP contribution in [0.2, 0.25) is 0 Å². The van der Waals surface area contributed by atoms with Crippen LogP contribution in [0.25, 0.3) is 0 Å². The molecule has 5 nitrogen and oxygen atoms in total. The molecular formula is C30H33FNO4. The molecule has 1 heterocycles. The van der Waals surface area contributed by atoms with Gasteiger partial charge in [0.15, 0.2) is 5.78 Å². The number of Topliss-reactive ketones (excluding diaryl/α,β-unsaturated/α-hetero) is 1. The summed E-state index contributed by atoms with van der Waals surface area (Å²) in [5, 5.41) is 19.5. The molecule has 0 amide bonds. The Hall–Kier alpha value is -2.90. The van der Waals surface area contributed by atoms with Gasteiger partial charge in [-0.2, -0.15) is 0 Å². The summed E-state index contributed by atoms with van der Waals surface area (Å²) >= 11 is 0. The number of likely N-dealkylation sites (tertiary alicyclic amines) is 1. The van der Waals surface area contributed by atoms with Crippen molar-refractivity contribution < 1.29 is 24.1 Å². The highest BCUT2D eigenvalue weighted by molar-refractivity contribution is 5.99. The molecule has 1 unspecified atom stereocenters. The van der Waals surface area contributed by atoms with E-state index in [4.69, 9.17) is 4.74 Å². The molecule has 0 saturated carbocycles. The molecule has 0 aliphatic carbocycles. The highest BCUT2D eigenvalue weighted by Crippen LogP contribution is 2.46. The molecular weight excluding hydrogens is 457 g/mol. The van der Waals surface area contributed by atoms with Gasteiger partial charge in [-0.3, -0.25) is 9.69 Å². The van der Waals surface area contributed by atoms with Crippen LogP contribution < -0.4 is 0 Å². The quantitative estimate of drug-likeness (QED) is 0.439. The maximum atomic E-state index is 14.8. The molecule has 0 aromatic heterocycles. The van der Waals surface area contributed by atoms with Gasteiger partial charge in [-0.1, -0.05) is 54.6 Å². The molecule has 189 valence electrons. The topological polar surface area (TPSA) is 70.0 Å². The van der Waals surface area contributed by atoms with Crippen LogP contribution in [-0.4, -0.2) is 54.2 Å². The third-order valence-corrected chi connectivity index (χ3v) is 7.38. The number of aliphatic hydroxyl groups excluding tert-OH is 2. The third kappa shape index (κ3) is 5.42. The second kappa shape index (κ2) is 11.9. The van der Waals surface area contributed by atoms with Gasteiger partial charge in [0.2, 0.25) is 0 Å². The number of halogens is 1. The summed E-state index contributed by atoms with van der Waals surface area (Å²) in [4.78, 5) is 16.3. The molecule has 1 radical (unpaired) electrons. The maximum Gasteiger partial charge on any atom is 0.167 e. The van der Waals surface area contributed by atoms with Crippen molar-refractivity contribution in [2.75, 3.05) is 33.4 Å². The zero-order valence-corrected chi connectivity index (χ0v) is 20.8. The van der Waals surface area contributed by atoms with Crippen LogP contribution in [0.4, 0.5) is 4.39 Å². The first-order chi connectivity index (χ1) is 17.5. The molecule has 1 aliphatic rings. The number of methoxy groups -OCH3 is 1. The van der Waals surface area contributed by atoms with Crippen LogP contribution in [0.5, 0.6) is 0 Å². The minimum atomic E-state index is -0.451. The number of hydrogen-bond acceptors (Lipinski definition) is 5.